The number of aryl methyl sites for hydroxylation is 1. The van der Waals surface area contributed by atoms with E-state index in [0.29, 0.717) is 30.4 Å². The van der Waals surface area contributed by atoms with E-state index in [0.717, 1.165) is 29.3 Å². The summed E-state index contributed by atoms with van der Waals surface area (Å²) in [6, 6.07) is 20.6. The molecule has 5 rings (SSSR count). The van der Waals surface area contributed by atoms with Crippen LogP contribution in [-0.2, 0) is 20.0 Å². The van der Waals surface area contributed by atoms with Crippen LogP contribution in [0.25, 0.3) is 0 Å². The predicted octanol–water partition coefficient (Wildman–Crippen LogP) is 5.38. The number of aromatic nitrogens is 3. The first-order valence-corrected chi connectivity index (χ1v) is 12.4. The number of anilines is 2. The van der Waals surface area contributed by atoms with Gasteiger partial charge in [0.25, 0.3) is 5.91 Å². The number of hydrogen-bond donors (Lipinski definition) is 0. The summed E-state index contributed by atoms with van der Waals surface area (Å²) in [4.78, 5) is 27.0. The van der Waals surface area contributed by atoms with Gasteiger partial charge >= 0.3 is 0 Å². The Hall–Kier alpha value is -4.00. The van der Waals surface area contributed by atoms with Crippen LogP contribution in [0.2, 0.25) is 0 Å². The van der Waals surface area contributed by atoms with Crippen LogP contribution in [0.1, 0.15) is 47.2 Å². The average Bonchev–Trinajstić information content (AvgIpc) is 3.67. The number of rotatable bonds is 9. The van der Waals surface area contributed by atoms with Crippen molar-refractivity contribution in [1.29, 1.82) is 0 Å². The lowest BCUT2D eigenvalue weighted by molar-refractivity contribution is 0.0980. The van der Waals surface area contributed by atoms with E-state index in [9.17, 15) is 9.18 Å². The number of halogens is 1. The first-order valence-electron chi connectivity index (χ1n) is 12.4. The second kappa shape index (κ2) is 10.3. The van der Waals surface area contributed by atoms with Crippen LogP contribution in [0, 0.1) is 5.82 Å². The van der Waals surface area contributed by atoms with Crippen molar-refractivity contribution in [1.82, 2.24) is 14.5 Å². The summed E-state index contributed by atoms with van der Waals surface area (Å²) >= 11 is 0. The van der Waals surface area contributed by atoms with E-state index >= 15 is 0 Å². The van der Waals surface area contributed by atoms with Crippen LogP contribution in [0.15, 0.2) is 79.1 Å². The minimum Gasteiger partial charge on any atom is -0.354 e. The number of nitrogens with zero attached hydrogens (tertiary/aromatic N) is 5. The molecule has 0 spiro atoms. The molecule has 1 amide bonds. The molecule has 2 heterocycles. The Kier molecular flexibility index (Phi) is 6.80. The van der Waals surface area contributed by atoms with Crippen LogP contribution in [-0.4, -0.2) is 33.0 Å². The fraction of sp³-hybridized carbons (Fsp3) is 0.276. The summed E-state index contributed by atoms with van der Waals surface area (Å²) in [6.45, 7) is 3.36. The Morgan fingerprint density at radius 2 is 1.78 bits per heavy atom. The van der Waals surface area contributed by atoms with Gasteiger partial charge in [0.15, 0.2) is 0 Å². The number of hydrogen-bond acceptors (Lipinski definition) is 4. The normalized spacial score (nSPS) is 13.0. The summed E-state index contributed by atoms with van der Waals surface area (Å²) in [5.74, 6) is 1.17. The zero-order chi connectivity index (χ0) is 25.1. The number of amides is 1. The molecule has 36 heavy (non-hydrogen) atoms. The zero-order valence-electron chi connectivity index (χ0n) is 20.6. The third-order valence-corrected chi connectivity index (χ3v) is 6.55. The highest BCUT2D eigenvalue weighted by Crippen LogP contribution is 2.30. The molecule has 0 unspecified atom stereocenters. The number of benzene rings is 2. The van der Waals surface area contributed by atoms with Crippen LogP contribution >= 0.6 is 0 Å². The van der Waals surface area contributed by atoms with Crippen molar-refractivity contribution in [2.45, 2.75) is 38.8 Å². The summed E-state index contributed by atoms with van der Waals surface area (Å²) in [5.41, 5.74) is 2.97. The Bertz CT molecular complexity index is 1310. The van der Waals surface area contributed by atoms with E-state index in [2.05, 4.69) is 21.8 Å². The quantitative estimate of drug-likeness (QED) is 0.321. The van der Waals surface area contributed by atoms with Crippen molar-refractivity contribution in [3.63, 3.8) is 0 Å². The van der Waals surface area contributed by atoms with Crippen molar-refractivity contribution in [2.75, 3.05) is 16.3 Å². The molecule has 1 aliphatic rings. The van der Waals surface area contributed by atoms with Crippen LogP contribution in [0.3, 0.4) is 0 Å². The minimum atomic E-state index is -0.347. The third kappa shape index (κ3) is 5.30. The largest absolute Gasteiger partial charge is 0.354 e. The van der Waals surface area contributed by atoms with Crippen molar-refractivity contribution >= 4 is 17.4 Å². The van der Waals surface area contributed by atoms with Gasteiger partial charge in [-0.05, 0) is 61.2 Å². The van der Waals surface area contributed by atoms with Crippen molar-refractivity contribution in [3.05, 3.63) is 108 Å². The van der Waals surface area contributed by atoms with Crippen LogP contribution in [0.4, 0.5) is 15.9 Å². The van der Waals surface area contributed by atoms with Gasteiger partial charge < -0.3 is 14.4 Å². The highest BCUT2D eigenvalue weighted by atomic mass is 19.1. The summed E-state index contributed by atoms with van der Waals surface area (Å²) in [6.07, 6.45) is 6.62. The molecule has 0 atom stereocenters. The maximum absolute atomic E-state index is 13.7. The minimum absolute atomic E-state index is 0.242. The molecule has 1 aliphatic carbocycles. The van der Waals surface area contributed by atoms with Crippen LogP contribution in [0.5, 0.6) is 0 Å². The van der Waals surface area contributed by atoms with Crippen LogP contribution < -0.4 is 9.80 Å². The Morgan fingerprint density at radius 3 is 2.42 bits per heavy atom. The van der Waals surface area contributed by atoms with E-state index in [-0.39, 0.29) is 11.7 Å². The van der Waals surface area contributed by atoms with Gasteiger partial charge in [-0.3, -0.25) is 4.79 Å². The van der Waals surface area contributed by atoms with Gasteiger partial charge in [-0.2, -0.15) is 0 Å². The Labute approximate surface area is 211 Å². The Balaban J connectivity index is 1.40. The molecule has 0 saturated heterocycles. The molecular weight excluding hydrogens is 453 g/mol. The molecule has 1 fully saturated rings. The van der Waals surface area contributed by atoms with Crippen molar-refractivity contribution in [3.8, 4) is 0 Å². The van der Waals surface area contributed by atoms with Gasteiger partial charge in [-0.25, -0.2) is 14.4 Å². The first kappa shape index (κ1) is 23.7. The summed E-state index contributed by atoms with van der Waals surface area (Å²) < 4.78 is 15.5. The van der Waals surface area contributed by atoms with Gasteiger partial charge in [0.1, 0.15) is 23.2 Å². The van der Waals surface area contributed by atoms with Gasteiger partial charge in [0, 0.05) is 44.1 Å². The molecule has 6 nitrogen and oxygen atoms in total. The molecule has 4 aromatic rings. The lowest BCUT2D eigenvalue weighted by Gasteiger charge is -2.24. The highest BCUT2D eigenvalue weighted by molar-refractivity contribution is 6.04. The van der Waals surface area contributed by atoms with Gasteiger partial charge in [0.05, 0.1) is 6.54 Å². The van der Waals surface area contributed by atoms with E-state index in [1.54, 1.807) is 23.2 Å². The topological polar surface area (TPSA) is 54.3 Å². The molecule has 2 aromatic heterocycles. The smallest absolute Gasteiger partial charge is 0.278 e. The van der Waals surface area contributed by atoms with Crippen molar-refractivity contribution < 1.29 is 9.18 Å². The maximum Gasteiger partial charge on any atom is 0.278 e. The van der Waals surface area contributed by atoms with Crippen molar-refractivity contribution in [2.24, 2.45) is 7.05 Å². The Morgan fingerprint density at radius 1 is 1.03 bits per heavy atom. The molecule has 0 aliphatic heterocycles. The van der Waals surface area contributed by atoms with Gasteiger partial charge in [0.2, 0.25) is 0 Å². The molecule has 7 heteroatoms. The number of pyridine rings is 1. The fourth-order valence-corrected chi connectivity index (χ4v) is 4.45. The SMILES string of the molecule is CCN(c1ccc(CN(C(=O)c2cn(C)c(Cc3ccccc3)n2)c2ccc(F)cc2)cn1)C1CC1. The highest BCUT2D eigenvalue weighted by Gasteiger charge is 2.29. The lowest BCUT2D eigenvalue weighted by Crippen LogP contribution is -2.31. The number of carbonyl (C=O) groups excluding carboxylic acids is 1. The molecule has 1 saturated carbocycles. The predicted molar refractivity (Wildman–Crippen MR) is 140 cm³/mol. The lowest BCUT2D eigenvalue weighted by atomic mass is 10.1. The van der Waals surface area contributed by atoms with Gasteiger partial charge in [-0.15, -0.1) is 0 Å². The standard InChI is InChI=1S/C29H30FN5O/c1-3-34(24-14-15-24)27-16-9-22(18-31-27)19-35(25-12-10-23(30)11-13-25)29(36)26-20-33(2)28(32-26)17-21-7-5-4-6-8-21/h4-13,16,18,20,24H,3,14-15,17,19H2,1-2H3. The van der Waals surface area contributed by atoms with Gasteiger partial charge in [-0.1, -0.05) is 36.4 Å². The fourth-order valence-electron chi connectivity index (χ4n) is 4.45. The van der Waals surface area contributed by atoms with E-state index < -0.39 is 0 Å². The monoisotopic (exact) mass is 483 g/mol. The molecule has 2 aromatic carbocycles. The zero-order valence-corrected chi connectivity index (χ0v) is 20.6. The molecule has 0 N–H and O–H groups in total. The summed E-state index contributed by atoms with van der Waals surface area (Å²) in [5, 5.41) is 0. The second-order valence-corrected chi connectivity index (χ2v) is 9.23. The number of imidazole rings is 1. The average molecular weight is 484 g/mol. The third-order valence-electron chi connectivity index (χ3n) is 6.55. The second-order valence-electron chi connectivity index (χ2n) is 9.23. The molecular formula is C29H30FN5O. The van der Waals surface area contributed by atoms with E-state index in [4.69, 9.17) is 0 Å². The maximum atomic E-state index is 13.7. The molecule has 0 bridgehead atoms. The van der Waals surface area contributed by atoms with E-state index in [1.807, 2.05) is 60.3 Å². The first-order chi connectivity index (χ1) is 17.5. The molecule has 0 radical (unpaired) electrons. The number of carbonyl (C=O) groups is 1. The summed E-state index contributed by atoms with van der Waals surface area (Å²) in [7, 11) is 1.90. The van der Waals surface area contributed by atoms with E-state index in [1.165, 1.54) is 25.0 Å². The molecule has 184 valence electrons.